The Hall–Kier alpha value is -4.78. The highest BCUT2D eigenvalue weighted by Gasteiger charge is 2.09. The number of benzene rings is 3. The van der Waals surface area contributed by atoms with E-state index < -0.39 is 0 Å². The SMILES string of the molecule is NCCCOc1ccc(N=C/C(=N\N)c2cccc(/C(C=Nc3ccc(OCCCN)c(OCCCN)c3)=N/N)c2)cc1. The molecule has 0 fully saturated rings. The Morgan fingerprint density at radius 3 is 1.65 bits per heavy atom. The van der Waals surface area contributed by atoms with Crippen molar-refractivity contribution in [1.29, 1.82) is 0 Å². The molecule has 0 aliphatic heterocycles. The number of ether oxygens (including phenoxy) is 3. The first kappa shape index (κ1) is 32.7. The van der Waals surface area contributed by atoms with Gasteiger partial charge in [0.25, 0.3) is 0 Å². The lowest BCUT2D eigenvalue weighted by Gasteiger charge is -2.13. The molecular weight excluding hydrogens is 546 g/mol. The fourth-order valence-corrected chi connectivity index (χ4v) is 3.72. The summed E-state index contributed by atoms with van der Waals surface area (Å²) in [4.78, 5) is 9.07. The number of aliphatic imine (C=N–C) groups is 2. The third kappa shape index (κ3) is 10.9. The molecule has 0 aliphatic carbocycles. The third-order valence-electron chi connectivity index (χ3n) is 6.00. The number of hydrogen-bond acceptors (Lipinski definition) is 12. The lowest BCUT2D eigenvalue weighted by Crippen LogP contribution is -2.10. The van der Waals surface area contributed by atoms with Gasteiger partial charge in [-0.05, 0) is 81.4 Å². The fourth-order valence-electron chi connectivity index (χ4n) is 3.72. The molecule has 0 aromatic heterocycles. The summed E-state index contributed by atoms with van der Waals surface area (Å²) in [5.41, 5.74) is 20.4. The van der Waals surface area contributed by atoms with Crippen LogP contribution in [0.5, 0.6) is 17.2 Å². The number of hydrogen-bond donors (Lipinski definition) is 5. The first-order valence-corrected chi connectivity index (χ1v) is 14.1. The summed E-state index contributed by atoms with van der Waals surface area (Å²) in [6.07, 6.45) is 5.42. The van der Waals surface area contributed by atoms with Crippen molar-refractivity contribution >= 4 is 35.2 Å². The number of nitrogens with zero attached hydrogens (tertiary/aromatic N) is 4. The summed E-state index contributed by atoms with van der Waals surface area (Å²) in [5, 5.41) is 7.86. The van der Waals surface area contributed by atoms with Crippen LogP contribution in [0.2, 0.25) is 0 Å². The molecule has 0 bridgehead atoms. The summed E-state index contributed by atoms with van der Waals surface area (Å²) in [5.74, 6) is 13.4. The molecular formula is C31H41N9O3. The van der Waals surface area contributed by atoms with E-state index in [9.17, 15) is 0 Å². The lowest BCUT2D eigenvalue weighted by molar-refractivity contribution is 0.265. The van der Waals surface area contributed by atoms with Crippen molar-refractivity contribution in [2.24, 2.45) is 49.1 Å². The second-order valence-electron chi connectivity index (χ2n) is 9.22. The smallest absolute Gasteiger partial charge is 0.163 e. The lowest BCUT2D eigenvalue weighted by atomic mass is 10.0. The second-order valence-corrected chi connectivity index (χ2v) is 9.22. The summed E-state index contributed by atoms with van der Waals surface area (Å²) < 4.78 is 17.3. The molecule has 12 heteroatoms. The van der Waals surface area contributed by atoms with E-state index in [0.29, 0.717) is 74.5 Å². The molecule has 0 saturated heterocycles. The molecule has 0 aliphatic rings. The number of hydrazone groups is 2. The molecule has 0 atom stereocenters. The molecule has 3 aromatic rings. The van der Waals surface area contributed by atoms with Crippen molar-refractivity contribution < 1.29 is 14.2 Å². The number of nitrogens with two attached hydrogens (primary N) is 5. The van der Waals surface area contributed by atoms with Crippen LogP contribution >= 0.6 is 0 Å². The van der Waals surface area contributed by atoms with Crippen molar-refractivity contribution in [2.45, 2.75) is 19.3 Å². The molecule has 0 heterocycles. The predicted molar refractivity (Wildman–Crippen MR) is 175 cm³/mol. The van der Waals surface area contributed by atoms with Crippen LogP contribution in [0, 0.1) is 0 Å². The maximum atomic E-state index is 5.89. The Bertz CT molecular complexity index is 1390. The molecule has 43 heavy (non-hydrogen) atoms. The van der Waals surface area contributed by atoms with E-state index in [-0.39, 0.29) is 0 Å². The fraction of sp³-hybridized carbons (Fsp3) is 0.290. The normalized spacial score (nSPS) is 12.3. The Morgan fingerprint density at radius 1 is 0.581 bits per heavy atom. The van der Waals surface area contributed by atoms with Crippen LogP contribution in [0.25, 0.3) is 0 Å². The minimum atomic E-state index is 0.453. The average Bonchev–Trinajstić information content (AvgIpc) is 3.04. The summed E-state index contributed by atoms with van der Waals surface area (Å²) in [7, 11) is 0. The van der Waals surface area contributed by atoms with Crippen LogP contribution < -0.4 is 43.1 Å². The van der Waals surface area contributed by atoms with Gasteiger partial charge in [0, 0.05) is 17.2 Å². The zero-order chi connectivity index (χ0) is 30.7. The highest BCUT2D eigenvalue weighted by atomic mass is 16.5. The molecule has 10 N–H and O–H groups in total. The van der Waals surface area contributed by atoms with Crippen LogP contribution in [0.4, 0.5) is 11.4 Å². The second kappa shape index (κ2) is 18.6. The Kier molecular flexibility index (Phi) is 14.2. The largest absolute Gasteiger partial charge is 0.494 e. The molecule has 0 spiro atoms. The predicted octanol–water partition coefficient (Wildman–Crippen LogP) is 3.00. The molecule has 0 saturated carbocycles. The van der Waals surface area contributed by atoms with E-state index in [0.717, 1.165) is 35.4 Å². The van der Waals surface area contributed by atoms with Crippen molar-refractivity contribution in [3.63, 3.8) is 0 Å². The van der Waals surface area contributed by atoms with Crippen LogP contribution in [-0.2, 0) is 0 Å². The Morgan fingerprint density at radius 2 is 1.09 bits per heavy atom. The maximum absolute atomic E-state index is 5.89. The first-order chi connectivity index (χ1) is 21.1. The minimum absolute atomic E-state index is 0.453. The summed E-state index contributed by atoms with van der Waals surface area (Å²) >= 11 is 0. The van der Waals surface area contributed by atoms with Crippen molar-refractivity contribution in [3.05, 3.63) is 77.9 Å². The van der Waals surface area contributed by atoms with Crippen LogP contribution in [0.15, 0.2) is 86.9 Å². The quantitative estimate of drug-likeness (QED) is 0.0645. The first-order valence-electron chi connectivity index (χ1n) is 14.1. The highest BCUT2D eigenvalue weighted by molar-refractivity contribution is 6.41. The zero-order valence-electron chi connectivity index (χ0n) is 24.3. The number of rotatable bonds is 18. The van der Waals surface area contributed by atoms with Crippen LogP contribution in [0.1, 0.15) is 30.4 Å². The van der Waals surface area contributed by atoms with Gasteiger partial charge in [-0.15, -0.1) is 0 Å². The van der Waals surface area contributed by atoms with Gasteiger partial charge in [-0.3, -0.25) is 9.98 Å². The van der Waals surface area contributed by atoms with Gasteiger partial charge < -0.3 is 43.1 Å². The van der Waals surface area contributed by atoms with Gasteiger partial charge in [-0.25, -0.2) is 0 Å². The molecule has 228 valence electrons. The van der Waals surface area contributed by atoms with E-state index in [2.05, 4.69) is 20.2 Å². The minimum Gasteiger partial charge on any atom is -0.494 e. The average molecular weight is 588 g/mol. The summed E-state index contributed by atoms with van der Waals surface area (Å²) in [6, 6.07) is 20.3. The van der Waals surface area contributed by atoms with Crippen molar-refractivity contribution in [2.75, 3.05) is 39.5 Å². The molecule has 0 amide bonds. The van der Waals surface area contributed by atoms with E-state index in [4.69, 9.17) is 43.1 Å². The van der Waals surface area contributed by atoms with Crippen molar-refractivity contribution in [1.82, 2.24) is 0 Å². The van der Waals surface area contributed by atoms with Gasteiger partial charge in [0.1, 0.15) is 17.2 Å². The van der Waals surface area contributed by atoms with Crippen LogP contribution in [-0.4, -0.2) is 63.3 Å². The molecule has 3 rings (SSSR count). The van der Waals surface area contributed by atoms with E-state index >= 15 is 0 Å². The Labute approximate surface area is 252 Å². The van der Waals surface area contributed by atoms with Gasteiger partial charge in [-0.1, -0.05) is 18.2 Å². The Balaban J connectivity index is 1.74. The summed E-state index contributed by atoms with van der Waals surface area (Å²) in [6.45, 7) is 3.17. The van der Waals surface area contributed by atoms with Crippen LogP contribution in [0.3, 0.4) is 0 Å². The molecule has 12 nitrogen and oxygen atoms in total. The van der Waals surface area contributed by atoms with Gasteiger partial charge in [0.15, 0.2) is 11.5 Å². The highest BCUT2D eigenvalue weighted by Crippen LogP contribution is 2.32. The third-order valence-corrected chi connectivity index (χ3v) is 6.00. The van der Waals surface area contributed by atoms with Gasteiger partial charge in [0.05, 0.1) is 43.6 Å². The molecule has 3 aromatic carbocycles. The van der Waals surface area contributed by atoms with Gasteiger partial charge >= 0.3 is 0 Å². The maximum Gasteiger partial charge on any atom is 0.163 e. The van der Waals surface area contributed by atoms with E-state index in [1.165, 1.54) is 0 Å². The van der Waals surface area contributed by atoms with Crippen molar-refractivity contribution in [3.8, 4) is 17.2 Å². The zero-order valence-corrected chi connectivity index (χ0v) is 24.3. The van der Waals surface area contributed by atoms with E-state index in [1.807, 2.05) is 60.7 Å². The molecule has 0 radical (unpaired) electrons. The standard InChI is InChI=1S/C31H41N9O3/c32-13-2-16-41-27-10-7-25(8-11-27)37-21-28(39-35)23-5-1-6-24(19-23)29(40-36)22-38-26-9-12-30(42-17-3-14-33)31(20-26)43-18-4-15-34/h1,5-12,19-22H,2-4,13-18,32-36H2/b37-21?,38-22?,39-28+,40-29+. The topological polar surface area (TPSA) is 207 Å². The monoisotopic (exact) mass is 587 g/mol. The van der Waals surface area contributed by atoms with Gasteiger partial charge in [-0.2, -0.15) is 10.2 Å². The van der Waals surface area contributed by atoms with E-state index in [1.54, 1.807) is 18.5 Å². The van der Waals surface area contributed by atoms with Gasteiger partial charge in [0.2, 0.25) is 0 Å². The molecule has 0 unspecified atom stereocenters.